The molecule has 1 aromatic carbocycles. The molecule has 23 heavy (non-hydrogen) atoms. The Kier molecular flexibility index (Phi) is 4.95. The summed E-state index contributed by atoms with van der Waals surface area (Å²) in [4.78, 5) is 14.2. The maximum absolute atomic E-state index is 12.5. The van der Waals surface area contributed by atoms with Crippen molar-refractivity contribution < 1.29 is 23.8 Å². The third kappa shape index (κ3) is 3.91. The van der Waals surface area contributed by atoms with E-state index >= 15 is 0 Å². The molecule has 6 nitrogen and oxygen atoms in total. The molecule has 0 radical (unpaired) electrons. The summed E-state index contributed by atoms with van der Waals surface area (Å²) in [6, 6.07) is 12.4. The first-order valence-electron chi connectivity index (χ1n) is 7.57. The summed E-state index contributed by atoms with van der Waals surface area (Å²) in [5.41, 5.74) is 0. The molecule has 1 amide bonds. The number of amides is 1. The molecular formula is C17H19NO5. The third-order valence-electron chi connectivity index (χ3n) is 3.64. The van der Waals surface area contributed by atoms with Gasteiger partial charge in [0.1, 0.15) is 5.75 Å². The van der Waals surface area contributed by atoms with Gasteiger partial charge in [-0.3, -0.25) is 4.79 Å². The van der Waals surface area contributed by atoms with Crippen molar-refractivity contribution in [3.63, 3.8) is 0 Å². The van der Waals surface area contributed by atoms with E-state index in [0.717, 1.165) is 0 Å². The van der Waals surface area contributed by atoms with Crippen LogP contribution >= 0.6 is 0 Å². The number of hydrogen-bond acceptors (Lipinski definition) is 5. The van der Waals surface area contributed by atoms with E-state index in [1.54, 1.807) is 17.0 Å². The summed E-state index contributed by atoms with van der Waals surface area (Å²) >= 11 is 0. The van der Waals surface area contributed by atoms with Crippen LogP contribution in [-0.2, 0) is 4.74 Å². The van der Waals surface area contributed by atoms with E-state index in [-0.39, 0.29) is 30.1 Å². The van der Waals surface area contributed by atoms with Gasteiger partial charge in [-0.15, -0.1) is 0 Å². The number of carbonyl (C=O) groups is 1. The van der Waals surface area contributed by atoms with Crippen molar-refractivity contribution in [3.8, 4) is 11.7 Å². The fourth-order valence-corrected chi connectivity index (χ4v) is 2.43. The van der Waals surface area contributed by atoms with Crippen molar-refractivity contribution in [3.05, 3.63) is 48.2 Å². The highest BCUT2D eigenvalue weighted by atomic mass is 16.6. The van der Waals surface area contributed by atoms with E-state index in [1.165, 1.54) is 0 Å². The van der Waals surface area contributed by atoms with Crippen molar-refractivity contribution in [2.75, 3.05) is 32.9 Å². The highest BCUT2D eigenvalue weighted by Crippen LogP contribution is 2.24. The van der Waals surface area contributed by atoms with Gasteiger partial charge in [-0.1, -0.05) is 18.2 Å². The van der Waals surface area contributed by atoms with Crippen LogP contribution in [0, 0.1) is 5.92 Å². The van der Waals surface area contributed by atoms with Crippen molar-refractivity contribution in [1.82, 2.24) is 4.90 Å². The Balaban J connectivity index is 1.68. The molecular weight excluding hydrogens is 298 g/mol. The Labute approximate surface area is 134 Å². The fraction of sp³-hybridized carbons (Fsp3) is 0.353. The van der Waals surface area contributed by atoms with Gasteiger partial charge in [0.2, 0.25) is 0 Å². The zero-order valence-electron chi connectivity index (χ0n) is 12.7. The zero-order chi connectivity index (χ0) is 16.1. The van der Waals surface area contributed by atoms with Crippen LogP contribution in [0.4, 0.5) is 0 Å². The van der Waals surface area contributed by atoms with Crippen LogP contribution in [0.1, 0.15) is 10.6 Å². The maximum atomic E-state index is 12.5. The second-order valence-corrected chi connectivity index (χ2v) is 5.41. The van der Waals surface area contributed by atoms with Crippen LogP contribution in [-0.4, -0.2) is 48.8 Å². The Morgan fingerprint density at radius 1 is 1.26 bits per heavy atom. The summed E-state index contributed by atoms with van der Waals surface area (Å²) in [5, 5.41) is 9.29. The Morgan fingerprint density at radius 2 is 2.09 bits per heavy atom. The second-order valence-electron chi connectivity index (χ2n) is 5.41. The number of aliphatic hydroxyl groups excluding tert-OH is 1. The summed E-state index contributed by atoms with van der Waals surface area (Å²) in [6.45, 7) is 1.83. The average molecular weight is 317 g/mol. The van der Waals surface area contributed by atoms with Crippen LogP contribution in [0.25, 0.3) is 0 Å². The molecule has 122 valence electrons. The van der Waals surface area contributed by atoms with E-state index in [2.05, 4.69) is 0 Å². The molecule has 1 saturated heterocycles. The van der Waals surface area contributed by atoms with Gasteiger partial charge >= 0.3 is 0 Å². The molecule has 1 aliphatic rings. The smallest absolute Gasteiger partial charge is 0.290 e. The largest absolute Gasteiger partial charge is 0.426 e. The third-order valence-corrected chi connectivity index (χ3v) is 3.64. The highest BCUT2D eigenvalue weighted by Gasteiger charge is 2.25. The van der Waals surface area contributed by atoms with Crippen LogP contribution in [0.15, 0.2) is 46.9 Å². The van der Waals surface area contributed by atoms with Crippen LogP contribution in [0.5, 0.6) is 11.7 Å². The lowest BCUT2D eigenvalue weighted by molar-refractivity contribution is 0.0691. The topological polar surface area (TPSA) is 72.1 Å². The van der Waals surface area contributed by atoms with Gasteiger partial charge in [-0.05, 0) is 18.2 Å². The number of carbonyl (C=O) groups excluding carboxylic acids is 1. The minimum absolute atomic E-state index is 0.00962. The molecule has 0 saturated carbocycles. The van der Waals surface area contributed by atoms with Gasteiger partial charge in [-0.2, -0.15) is 0 Å². The minimum atomic E-state index is -0.225. The zero-order valence-corrected chi connectivity index (χ0v) is 12.7. The number of rotatable bonds is 4. The van der Waals surface area contributed by atoms with E-state index in [1.807, 2.05) is 30.3 Å². The van der Waals surface area contributed by atoms with E-state index in [0.29, 0.717) is 32.1 Å². The molecule has 1 aromatic heterocycles. The molecule has 1 N–H and O–H groups in total. The molecule has 0 spiro atoms. The summed E-state index contributed by atoms with van der Waals surface area (Å²) < 4.78 is 16.4. The lowest BCUT2D eigenvalue weighted by Gasteiger charge is -2.21. The predicted octanol–water partition coefficient (Wildman–Crippen LogP) is 2.15. The van der Waals surface area contributed by atoms with Crippen LogP contribution in [0.3, 0.4) is 0 Å². The van der Waals surface area contributed by atoms with Crippen molar-refractivity contribution >= 4 is 5.91 Å². The number of aliphatic hydroxyl groups is 1. The standard InChI is InChI=1S/C17H19NO5/c19-11-13-10-18(8-9-21-12-13)17(20)15-6-7-16(23-15)22-14-4-2-1-3-5-14/h1-7,13,19H,8-12H2/t13-/m0/s1. The van der Waals surface area contributed by atoms with Crippen LogP contribution in [0.2, 0.25) is 0 Å². The first-order chi connectivity index (χ1) is 11.3. The molecule has 0 aliphatic carbocycles. The quantitative estimate of drug-likeness (QED) is 0.935. The van der Waals surface area contributed by atoms with Crippen molar-refractivity contribution in [1.29, 1.82) is 0 Å². The summed E-state index contributed by atoms with van der Waals surface area (Å²) in [7, 11) is 0. The van der Waals surface area contributed by atoms with Gasteiger partial charge in [0.05, 0.1) is 13.2 Å². The van der Waals surface area contributed by atoms with Gasteiger partial charge in [-0.25, -0.2) is 0 Å². The Bertz CT molecular complexity index is 639. The van der Waals surface area contributed by atoms with E-state index in [4.69, 9.17) is 13.9 Å². The van der Waals surface area contributed by atoms with Crippen molar-refractivity contribution in [2.45, 2.75) is 0 Å². The monoisotopic (exact) mass is 317 g/mol. The normalized spacial score (nSPS) is 18.5. The summed E-state index contributed by atoms with van der Waals surface area (Å²) in [6.07, 6.45) is 0. The number of benzene rings is 1. The molecule has 0 unspecified atom stereocenters. The molecule has 3 rings (SSSR count). The molecule has 2 heterocycles. The van der Waals surface area contributed by atoms with Gasteiger partial charge < -0.3 is 23.9 Å². The first kappa shape index (κ1) is 15.6. The summed E-state index contributed by atoms with van der Waals surface area (Å²) in [5.74, 6) is 0.830. The Hall–Kier alpha value is -2.31. The number of nitrogens with zero attached hydrogens (tertiary/aromatic N) is 1. The number of hydrogen-bond donors (Lipinski definition) is 1. The van der Waals surface area contributed by atoms with Gasteiger partial charge in [0.15, 0.2) is 5.76 Å². The lowest BCUT2D eigenvalue weighted by atomic mass is 10.1. The second kappa shape index (κ2) is 7.30. The van der Waals surface area contributed by atoms with E-state index in [9.17, 15) is 9.90 Å². The highest BCUT2D eigenvalue weighted by molar-refractivity contribution is 5.91. The first-order valence-corrected chi connectivity index (χ1v) is 7.57. The molecule has 1 aliphatic heterocycles. The number of furan rings is 1. The minimum Gasteiger partial charge on any atom is -0.426 e. The average Bonchev–Trinajstić information content (AvgIpc) is 2.91. The van der Waals surface area contributed by atoms with Crippen LogP contribution < -0.4 is 4.74 Å². The van der Waals surface area contributed by atoms with E-state index < -0.39 is 0 Å². The lowest BCUT2D eigenvalue weighted by Crippen LogP contribution is -2.36. The van der Waals surface area contributed by atoms with Gasteiger partial charge in [0, 0.05) is 31.7 Å². The number of ether oxygens (including phenoxy) is 2. The van der Waals surface area contributed by atoms with Crippen molar-refractivity contribution in [2.24, 2.45) is 5.92 Å². The SMILES string of the molecule is O=C(c1ccc(Oc2ccccc2)o1)N1CCOC[C@H](CO)C1. The molecule has 2 aromatic rings. The molecule has 1 fully saturated rings. The molecule has 1 atom stereocenters. The predicted molar refractivity (Wildman–Crippen MR) is 82.5 cm³/mol. The maximum Gasteiger partial charge on any atom is 0.290 e. The number of para-hydroxylation sites is 1. The Morgan fingerprint density at radius 3 is 2.87 bits per heavy atom. The fourth-order valence-electron chi connectivity index (χ4n) is 2.43. The van der Waals surface area contributed by atoms with Gasteiger partial charge in [0.25, 0.3) is 11.9 Å². The molecule has 0 bridgehead atoms. The molecule has 6 heteroatoms.